The molecule has 0 atom stereocenters. The summed E-state index contributed by atoms with van der Waals surface area (Å²) >= 11 is 0. The van der Waals surface area contributed by atoms with Gasteiger partial charge in [0, 0.05) is 44.5 Å². The summed E-state index contributed by atoms with van der Waals surface area (Å²) in [6.07, 6.45) is 7.82. The standard InChI is InChI=1S/C18H20N2O3/c1-20(18(21)12-22-2)15-5-6-17-16(11-15)13(7-9-23-17)10-14-4-3-8-19-14/h4-6,8,10-11H,3,7,9,12H2,1-2H3/b13-10+. The summed E-state index contributed by atoms with van der Waals surface area (Å²) in [4.78, 5) is 17.9. The highest BCUT2D eigenvalue weighted by Gasteiger charge is 2.19. The molecule has 0 aromatic heterocycles. The minimum atomic E-state index is -0.0854. The van der Waals surface area contributed by atoms with Gasteiger partial charge in [-0.25, -0.2) is 0 Å². The number of likely N-dealkylation sites (N-methyl/N-ethyl adjacent to an activating group) is 1. The van der Waals surface area contributed by atoms with Crippen LogP contribution in [-0.4, -0.2) is 39.5 Å². The third-order valence-corrected chi connectivity index (χ3v) is 3.96. The molecule has 0 spiro atoms. The molecule has 0 aliphatic carbocycles. The summed E-state index contributed by atoms with van der Waals surface area (Å²) < 4.78 is 10.7. The van der Waals surface area contributed by atoms with Crippen molar-refractivity contribution in [2.24, 2.45) is 4.99 Å². The van der Waals surface area contributed by atoms with Crippen LogP contribution < -0.4 is 9.64 Å². The smallest absolute Gasteiger partial charge is 0.252 e. The van der Waals surface area contributed by atoms with Gasteiger partial charge in [-0.2, -0.15) is 0 Å². The van der Waals surface area contributed by atoms with Crippen LogP contribution in [0.5, 0.6) is 5.75 Å². The molecule has 3 rings (SSSR count). The monoisotopic (exact) mass is 312 g/mol. The topological polar surface area (TPSA) is 51.1 Å². The van der Waals surface area contributed by atoms with Crippen LogP contribution in [0, 0.1) is 0 Å². The number of nitrogens with zero attached hydrogens (tertiary/aromatic N) is 2. The molecule has 2 aliphatic rings. The van der Waals surface area contributed by atoms with Crippen molar-refractivity contribution in [3.63, 3.8) is 0 Å². The zero-order valence-corrected chi connectivity index (χ0v) is 13.4. The fourth-order valence-corrected chi connectivity index (χ4v) is 2.68. The molecule has 0 saturated heterocycles. The number of rotatable bonds is 4. The van der Waals surface area contributed by atoms with Crippen LogP contribution in [0.25, 0.3) is 5.57 Å². The first-order chi connectivity index (χ1) is 11.2. The molecule has 1 amide bonds. The molecular formula is C18H20N2O3. The molecule has 0 saturated carbocycles. The van der Waals surface area contributed by atoms with Gasteiger partial charge in [-0.3, -0.25) is 9.79 Å². The van der Waals surface area contributed by atoms with Crippen molar-refractivity contribution in [1.29, 1.82) is 0 Å². The number of benzene rings is 1. The first kappa shape index (κ1) is 15.5. The Morgan fingerprint density at radius 2 is 2.35 bits per heavy atom. The highest BCUT2D eigenvalue weighted by Crippen LogP contribution is 2.36. The summed E-state index contributed by atoms with van der Waals surface area (Å²) in [5, 5.41) is 0. The third-order valence-electron chi connectivity index (χ3n) is 3.96. The van der Waals surface area contributed by atoms with Gasteiger partial charge in [0.05, 0.1) is 12.3 Å². The highest BCUT2D eigenvalue weighted by atomic mass is 16.5. The van der Waals surface area contributed by atoms with Gasteiger partial charge in [0.25, 0.3) is 5.91 Å². The van der Waals surface area contributed by atoms with Crippen molar-refractivity contribution in [3.05, 3.63) is 41.6 Å². The molecule has 0 N–H and O–H groups in total. The first-order valence-electron chi connectivity index (χ1n) is 7.65. The number of fused-ring (bicyclic) bond motifs is 1. The van der Waals surface area contributed by atoms with Crippen LogP contribution in [0.4, 0.5) is 5.69 Å². The Morgan fingerprint density at radius 1 is 1.48 bits per heavy atom. The number of allylic oxidation sites excluding steroid dienone is 2. The van der Waals surface area contributed by atoms with Crippen LogP contribution >= 0.6 is 0 Å². The number of hydrogen-bond donors (Lipinski definition) is 0. The molecule has 0 bridgehead atoms. The van der Waals surface area contributed by atoms with Gasteiger partial charge < -0.3 is 14.4 Å². The van der Waals surface area contributed by atoms with Crippen LogP contribution in [0.3, 0.4) is 0 Å². The van der Waals surface area contributed by atoms with Gasteiger partial charge in [-0.1, -0.05) is 6.08 Å². The van der Waals surface area contributed by atoms with Crippen LogP contribution in [-0.2, 0) is 9.53 Å². The zero-order valence-electron chi connectivity index (χ0n) is 13.4. The Hall–Kier alpha value is -2.40. The number of anilines is 1. The minimum Gasteiger partial charge on any atom is -0.493 e. The van der Waals surface area contributed by atoms with Crippen LogP contribution in [0.15, 0.2) is 41.0 Å². The summed E-state index contributed by atoms with van der Waals surface area (Å²) in [7, 11) is 3.27. The van der Waals surface area contributed by atoms with E-state index in [2.05, 4.69) is 17.1 Å². The third kappa shape index (κ3) is 3.35. The lowest BCUT2D eigenvalue weighted by Gasteiger charge is -2.23. The molecule has 5 nitrogen and oxygen atoms in total. The van der Waals surface area contributed by atoms with Gasteiger partial charge in [0.15, 0.2) is 0 Å². The van der Waals surface area contributed by atoms with E-state index in [4.69, 9.17) is 9.47 Å². The first-order valence-corrected chi connectivity index (χ1v) is 7.65. The fourth-order valence-electron chi connectivity index (χ4n) is 2.68. The summed E-state index contributed by atoms with van der Waals surface area (Å²) in [6, 6.07) is 5.80. The molecule has 2 heterocycles. The quantitative estimate of drug-likeness (QED) is 0.859. The minimum absolute atomic E-state index is 0.0639. The van der Waals surface area contributed by atoms with Crippen molar-refractivity contribution < 1.29 is 14.3 Å². The van der Waals surface area contributed by atoms with Crippen molar-refractivity contribution in [1.82, 2.24) is 0 Å². The normalized spacial score (nSPS) is 17.7. The average Bonchev–Trinajstić information content (AvgIpc) is 3.07. The van der Waals surface area contributed by atoms with Gasteiger partial charge in [0.2, 0.25) is 0 Å². The number of carbonyl (C=O) groups is 1. The molecule has 2 aliphatic heterocycles. The summed E-state index contributed by atoms with van der Waals surface area (Å²) in [5.41, 5.74) is 4.02. The number of carbonyl (C=O) groups excluding carboxylic acids is 1. The molecule has 0 unspecified atom stereocenters. The Kier molecular flexibility index (Phi) is 4.57. The van der Waals surface area contributed by atoms with Gasteiger partial charge in [-0.05, 0) is 29.8 Å². The largest absolute Gasteiger partial charge is 0.493 e. The second-order valence-electron chi connectivity index (χ2n) is 5.51. The predicted molar refractivity (Wildman–Crippen MR) is 91.0 cm³/mol. The lowest BCUT2D eigenvalue weighted by Crippen LogP contribution is -2.29. The van der Waals surface area contributed by atoms with E-state index in [1.54, 1.807) is 11.9 Å². The van der Waals surface area contributed by atoms with E-state index in [1.165, 1.54) is 12.7 Å². The second kappa shape index (κ2) is 6.79. The number of ether oxygens (including phenoxy) is 2. The van der Waals surface area contributed by atoms with Crippen molar-refractivity contribution in [3.8, 4) is 5.75 Å². The fraction of sp³-hybridized carbons (Fsp3) is 0.333. The molecule has 1 aromatic rings. The predicted octanol–water partition coefficient (Wildman–Crippen LogP) is 2.82. The Bertz CT molecular complexity index is 704. The molecule has 0 fully saturated rings. The van der Waals surface area contributed by atoms with Crippen LogP contribution in [0.2, 0.25) is 0 Å². The van der Waals surface area contributed by atoms with E-state index in [-0.39, 0.29) is 12.5 Å². The Balaban J connectivity index is 1.93. The van der Waals surface area contributed by atoms with E-state index < -0.39 is 0 Å². The maximum absolute atomic E-state index is 12.0. The number of amides is 1. The molecule has 120 valence electrons. The summed E-state index contributed by atoms with van der Waals surface area (Å²) in [6.45, 7) is 0.724. The lowest BCUT2D eigenvalue weighted by atomic mass is 9.98. The summed E-state index contributed by atoms with van der Waals surface area (Å²) in [5.74, 6) is 0.763. The lowest BCUT2D eigenvalue weighted by molar-refractivity contribution is -0.121. The van der Waals surface area contributed by atoms with Crippen molar-refractivity contribution in [2.75, 3.05) is 32.3 Å². The Morgan fingerprint density at radius 3 is 3.09 bits per heavy atom. The van der Waals surface area contributed by atoms with Crippen molar-refractivity contribution in [2.45, 2.75) is 12.8 Å². The maximum Gasteiger partial charge on any atom is 0.252 e. The molecule has 5 heteroatoms. The second-order valence-corrected chi connectivity index (χ2v) is 5.51. The SMILES string of the molecule is COCC(=O)N(C)c1ccc2c(c1)/C(=C/C1=CCC=N1)CCO2. The zero-order chi connectivity index (χ0) is 16.2. The van der Waals surface area contributed by atoms with E-state index in [0.29, 0.717) is 6.61 Å². The number of methoxy groups -OCH3 is 1. The highest BCUT2D eigenvalue weighted by molar-refractivity contribution is 5.94. The van der Waals surface area contributed by atoms with E-state index in [9.17, 15) is 4.79 Å². The van der Waals surface area contributed by atoms with Crippen LogP contribution in [0.1, 0.15) is 18.4 Å². The van der Waals surface area contributed by atoms with E-state index in [0.717, 1.165) is 35.5 Å². The van der Waals surface area contributed by atoms with Gasteiger partial charge in [-0.15, -0.1) is 0 Å². The van der Waals surface area contributed by atoms with Gasteiger partial charge in [0.1, 0.15) is 12.4 Å². The molecule has 23 heavy (non-hydrogen) atoms. The molecular weight excluding hydrogens is 292 g/mol. The maximum atomic E-state index is 12.0. The van der Waals surface area contributed by atoms with E-state index in [1.807, 2.05) is 24.4 Å². The molecule has 1 aromatic carbocycles. The average molecular weight is 312 g/mol. The Labute approximate surface area is 135 Å². The number of hydrogen-bond acceptors (Lipinski definition) is 4. The number of aliphatic imine (C=N–C) groups is 1. The van der Waals surface area contributed by atoms with Crippen molar-refractivity contribution >= 4 is 23.4 Å². The molecule has 0 radical (unpaired) electrons. The van der Waals surface area contributed by atoms with E-state index >= 15 is 0 Å². The van der Waals surface area contributed by atoms with Gasteiger partial charge >= 0.3 is 0 Å².